The topological polar surface area (TPSA) is 47.6 Å². The van der Waals surface area contributed by atoms with Gasteiger partial charge in [0.15, 0.2) is 0 Å². The number of carbonyl (C=O) groups excluding carboxylic acids is 1. The first-order valence-electron chi connectivity index (χ1n) is 8.90. The first kappa shape index (κ1) is 15.0. The lowest BCUT2D eigenvalue weighted by Crippen LogP contribution is -2.54. The van der Waals surface area contributed by atoms with Gasteiger partial charge in [0.1, 0.15) is 0 Å². The van der Waals surface area contributed by atoms with Crippen molar-refractivity contribution >= 4 is 11.6 Å². The van der Waals surface area contributed by atoms with Crippen LogP contribution in [0.3, 0.4) is 0 Å². The molecule has 1 saturated carbocycles. The van der Waals surface area contributed by atoms with E-state index in [2.05, 4.69) is 44.9 Å². The first-order chi connectivity index (χ1) is 11.3. The summed E-state index contributed by atoms with van der Waals surface area (Å²) in [6, 6.07) is 10.8. The maximum Gasteiger partial charge on any atom is 0.227 e. The molecule has 2 N–H and O–H groups in total. The van der Waals surface area contributed by atoms with Crippen LogP contribution in [-0.2, 0) is 4.79 Å². The summed E-state index contributed by atoms with van der Waals surface area (Å²) < 4.78 is 0. The van der Waals surface area contributed by atoms with Crippen molar-refractivity contribution in [2.24, 2.45) is 11.8 Å². The molecule has 124 valence electrons. The van der Waals surface area contributed by atoms with Gasteiger partial charge in [-0.25, -0.2) is 0 Å². The van der Waals surface area contributed by atoms with E-state index >= 15 is 0 Å². The molecule has 5 nitrogen and oxygen atoms in total. The fraction of sp³-hybridized carbons (Fsp3) is 0.611. The van der Waals surface area contributed by atoms with Crippen molar-refractivity contribution in [2.45, 2.75) is 25.3 Å². The molecule has 3 unspecified atom stereocenters. The molecule has 2 heterocycles. The molecule has 23 heavy (non-hydrogen) atoms. The molecule has 2 saturated heterocycles. The minimum Gasteiger partial charge on any atom is -0.368 e. The van der Waals surface area contributed by atoms with Crippen molar-refractivity contribution < 1.29 is 4.79 Å². The Hall–Kier alpha value is -1.59. The van der Waals surface area contributed by atoms with Crippen molar-refractivity contribution in [3.63, 3.8) is 0 Å². The van der Waals surface area contributed by atoms with Gasteiger partial charge < -0.3 is 9.80 Å². The minimum absolute atomic E-state index is 0.159. The van der Waals surface area contributed by atoms with Crippen molar-refractivity contribution in [2.75, 3.05) is 37.6 Å². The number of nitrogens with zero attached hydrogens (tertiary/aromatic N) is 2. The Morgan fingerprint density at radius 3 is 2.61 bits per heavy atom. The summed E-state index contributed by atoms with van der Waals surface area (Å²) in [5, 5.41) is 0. The lowest BCUT2D eigenvalue weighted by Gasteiger charge is -2.40. The molecule has 1 aliphatic carbocycles. The van der Waals surface area contributed by atoms with Crippen LogP contribution >= 0.6 is 0 Å². The third-order valence-electron chi connectivity index (χ3n) is 5.69. The largest absolute Gasteiger partial charge is 0.368 e. The van der Waals surface area contributed by atoms with Crippen LogP contribution in [0.2, 0.25) is 0 Å². The molecule has 3 fully saturated rings. The van der Waals surface area contributed by atoms with Crippen molar-refractivity contribution in [3.8, 4) is 0 Å². The summed E-state index contributed by atoms with van der Waals surface area (Å²) in [5.41, 5.74) is 7.87. The molecule has 4 rings (SSSR count). The zero-order valence-corrected chi connectivity index (χ0v) is 13.6. The highest BCUT2D eigenvalue weighted by Crippen LogP contribution is 2.32. The maximum atomic E-state index is 13.0. The Morgan fingerprint density at radius 2 is 1.83 bits per heavy atom. The molecule has 0 aromatic heterocycles. The van der Waals surface area contributed by atoms with Gasteiger partial charge in [0.25, 0.3) is 0 Å². The van der Waals surface area contributed by atoms with Gasteiger partial charge in [-0.3, -0.25) is 15.6 Å². The highest BCUT2D eigenvalue weighted by molar-refractivity contribution is 5.80. The second-order valence-electron chi connectivity index (χ2n) is 7.00. The Kier molecular flexibility index (Phi) is 4.23. The summed E-state index contributed by atoms with van der Waals surface area (Å²) in [5.74, 6) is 1.15. The number of anilines is 1. The van der Waals surface area contributed by atoms with Gasteiger partial charge in [0.05, 0.1) is 5.92 Å². The third kappa shape index (κ3) is 2.95. The molecule has 3 atom stereocenters. The van der Waals surface area contributed by atoms with Crippen LogP contribution in [0.25, 0.3) is 0 Å². The Labute approximate surface area is 138 Å². The first-order valence-corrected chi connectivity index (χ1v) is 8.90. The van der Waals surface area contributed by atoms with Gasteiger partial charge >= 0.3 is 0 Å². The van der Waals surface area contributed by atoms with E-state index in [4.69, 9.17) is 0 Å². The van der Waals surface area contributed by atoms with Crippen molar-refractivity contribution in [1.29, 1.82) is 0 Å². The fourth-order valence-electron chi connectivity index (χ4n) is 4.38. The second kappa shape index (κ2) is 6.49. The number of hydrogen-bond acceptors (Lipinski definition) is 4. The van der Waals surface area contributed by atoms with Gasteiger partial charge in [-0.05, 0) is 30.9 Å². The van der Waals surface area contributed by atoms with E-state index in [1.165, 1.54) is 18.5 Å². The van der Waals surface area contributed by atoms with Crippen LogP contribution in [0.1, 0.15) is 19.3 Å². The zero-order chi connectivity index (χ0) is 15.6. The Morgan fingerprint density at radius 1 is 1.04 bits per heavy atom. The normalized spacial score (nSPS) is 31.0. The van der Waals surface area contributed by atoms with E-state index in [9.17, 15) is 4.79 Å². The SMILES string of the molecule is O=C(C1CCCC2CNNC21)N1CCN(c2ccccc2)CC1. The average Bonchev–Trinajstić information content (AvgIpc) is 3.11. The zero-order valence-electron chi connectivity index (χ0n) is 13.6. The van der Waals surface area contributed by atoms with Gasteiger partial charge in [-0.1, -0.05) is 24.6 Å². The van der Waals surface area contributed by atoms with E-state index in [-0.39, 0.29) is 5.92 Å². The molecule has 0 spiro atoms. The number of carbonyl (C=O) groups is 1. The van der Waals surface area contributed by atoms with E-state index in [1.807, 2.05) is 6.07 Å². The molecule has 0 radical (unpaired) electrons. The summed E-state index contributed by atoms with van der Waals surface area (Å²) in [4.78, 5) is 17.4. The van der Waals surface area contributed by atoms with Gasteiger partial charge in [-0.2, -0.15) is 0 Å². The van der Waals surface area contributed by atoms with E-state index in [0.717, 1.165) is 39.1 Å². The van der Waals surface area contributed by atoms with E-state index in [1.54, 1.807) is 0 Å². The van der Waals surface area contributed by atoms with Crippen LogP contribution in [0.5, 0.6) is 0 Å². The summed E-state index contributed by atoms with van der Waals surface area (Å²) in [6.07, 6.45) is 3.47. The summed E-state index contributed by atoms with van der Waals surface area (Å²) in [7, 11) is 0. The smallest absolute Gasteiger partial charge is 0.227 e. The maximum absolute atomic E-state index is 13.0. The van der Waals surface area contributed by atoms with Crippen LogP contribution in [-0.4, -0.2) is 49.6 Å². The lowest BCUT2D eigenvalue weighted by molar-refractivity contribution is -0.138. The highest BCUT2D eigenvalue weighted by Gasteiger charge is 2.41. The molecule has 1 aromatic carbocycles. The second-order valence-corrected chi connectivity index (χ2v) is 7.00. The van der Waals surface area contributed by atoms with Gasteiger partial charge in [0, 0.05) is 44.5 Å². The van der Waals surface area contributed by atoms with Crippen LogP contribution < -0.4 is 15.8 Å². The van der Waals surface area contributed by atoms with Crippen LogP contribution in [0.15, 0.2) is 30.3 Å². The fourth-order valence-corrected chi connectivity index (χ4v) is 4.38. The molecule has 2 aliphatic heterocycles. The highest BCUT2D eigenvalue weighted by atomic mass is 16.2. The average molecular weight is 314 g/mol. The number of benzene rings is 1. The van der Waals surface area contributed by atoms with E-state index in [0.29, 0.717) is 17.9 Å². The third-order valence-corrected chi connectivity index (χ3v) is 5.69. The van der Waals surface area contributed by atoms with Crippen LogP contribution in [0.4, 0.5) is 5.69 Å². The van der Waals surface area contributed by atoms with Crippen LogP contribution in [0, 0.1) is 11.8 Å². The lowest BCUT2D eigenvalue weighted by atomic mass is 9.77. The summed E-state index contributed by atoms with van der Waals surface area (Å²) in [6.45, 7) is 4.56. The number of fused-ring (bicyclic) bond motifs is 1. The number of para-hydroxylation sites is 1. The van der Waals surface area contributed by atoms with Gasteiger partial charge in [0.2, 0.25) is 5.91 Å². The molecule has 3 aliphatic rings. The number of hydrogen-bond donors (Lipinski definition) is 2. The minimum atomic E-state index is 0.159. The number of hydrazine groups is 1. The molecular weight excluding hydrogens is 288 g/mol. The number of nitrogens with one attached hydrogen (secondary N) is 2. The quantitative estimate of drug-likeness (QED) is 0.862. The summed E-state index contributed by atoms with van der Waals surface area (Å²) >= 11 is 0. The van der Waals surface area contributed by atoms with E-state index < -0.39 is 0 Å². The Bertz CT molecular complexity index is 541. The van der Waals surface area contributed by atoms with Gasteiger partial charge in [-0.15, -0.1) is 0 Å². The number of amides is 1. The van der Waals surface area contributed by atoms with Crippen molar-refractivity contribution in [3.05, 3.63) is 30.3 Å². The number of piperazine rings is 1. The predicted octanol–water partition coefficient (Wildman–Crippen LogP) is 1.23. The number of rotatable bonds is 2. The molecule has 1 amide bonds. The Balaban J connectivity index is 1.37. The monoisotopic (exact) mass is 314 g/mol. The molecule has 1 aromatic rings. The molecule has 5 heteroatoms. The standard InChI is InChI=1S/C18H26N4O/c23-18(16-8-4-5-14-13-19-20-17(14)16)22-11-9-21(10-12-22)15-6-2-1-3-7-15/h1-3,6-7,14,16-17,19-20H,4-5,8-13H2. The molecular formula is C18H26N4O. The van der Waals surface area contributed by atoms with Crippen molar-refractivity contribution in [1.82, 2.24) is 15.8 Å². The molecule has 0 bridgehead atoms. The predicted molar refractivity (Wildman–Crippen MR) is 91.0 cm³/mol.